The second-order valence-corrected chi connectivity index (χ2v) is 6.71. The van der Waals surface area contributed by atoms with Gasteiger partial charge in [0.25, 0.3) is 0 Å². The van der Waals surface area contributed by atoms with Crippen molar-refractivity contribution in [2.75, 3.05) is 26.2 Å². The van der Waals surface area contributed by atoms with E-state index in [4.69, 9.17) is 0 Å². The number of piperidine rings is 2. The number of hydrogen-bond acceptors (Lipinski definition) is 2. The first kappa shape index (κ1) is 14.7. The van der Waals surface area contributed by atoms with Gasteiger partial charge in [-0.2, -0.15) is 0 Å². The Morgan fingerprint density at radius 2 is 1.38 bits per heavy atom. The number of quaternary nitrogens is 2. The van der Waals surface area contributed by atoms with Crippen molar-refractivity contribution in [3.8, 4) is 0 Å². The van der Waals surface area contributed by atoms with Crippen LogP contribution in [0.2, 0.25) is 0 Å². The highest BCUT2D eigenvalue weighted by Crippen LogP contribution is 2.35. The molecule has 0 spiro atoms. The summed E-state index contributed by atoms with van der Waals surface area (Å²) in [6.45, 7) is 5.00. The molecule has 0 saturated carbocycles. The minimum Gasteiger partial charge on any atom is -0.139 e. The van der Waals surface area contributed by atoms with Gasteiger partial charge in [-0.1, -0.05) is 35.2 Å². The van der Waals surface area contributed by atoms with E-state index >= 15 is 0 Å². The Kier molecular flexibility index (Phi) is 4.36. The van der Waals surface area contributed by atoms with Crippen LogP contribution in [-0.4, -0.2) is 35.5 Å². The van der Waals surface area contributed by atoms with Crippen molar-refractivity contribution >= 4 is 0 Å². The van der Waals surface area contributed by atoms with Crippen molar-refractivity contribution < 1.29 is 9.29 Å². The lowest BCUT2D eigenvalue weighted by Gasteiger charge is -2.50. The lowest BCUT2D eigenvalue weighted by molar-refractivity contribution is -1.50. The lowest BCUT2D eigenvalue weighted by atomic mass is 10.1. The lowest BCUT2D eigenvalue weighted by Crippen LogP contribution is -2.72. The van der Waals surface area contributed by atoms with E-state index in [1.807, 2.05) is 0 Å². The number of nitroso groups, excluding NO2 is 1. The second kappa shape index (κ2) is 6.24. The van der Waals surface area contributed by atoms with E-state index in [0.717, 1.165) is 50.2 Å². The molecule has 0 radical (unpaired) electrons. The largest absolute Gasteiger partial charge is 0.206 e. The number of hydrogen-bond donors (Lipinski definition) is 0. The SMILES string of the molecule is O=N[N+]1([N+]2(Cc3ccccc3)CCCCC2)CCCCC1. The zero-order chi connectivity index (χ0) is 14.6. The molecule has 0 aliphatic carbocycles. The first-order valence-electron chi connectivity index (χ1n) is 8.43. The molecule has 2 heterocycles. The third-order valence-electron chi connectivity index (χ3n) is 5.44. The summed E-state index contributed by atoms with van der Waals surface area (Å²) in [4.78, 5) is 11.9. The van der Waals surface area contributed by atoms with Gasteiger partial charge in [0.2, 0.25) is 5.29 Å². The van der Waals surface area contributed by atoms with Crippen LogP contribution >= 0.6 is 0 Å². The van der Waals surface area contributed by atoms with Crippen molar-refractivity contribution in [3.05, 3.63) is 40.8 Å². The molecule has 0 unspecified atom stereocenters. The maximum atomic E-state index is 11.9. The molecule has 4 nitrogen and oxygen atoms in total. The zero-order valence-electron chi connectivity index (χ0n) is 12.9. The van der Waals surface area contributed by atoms with Gasteiger partial charge in [-0.25, -0.2) is 0 Å². The van der Waals surface area contributed by atoms with Crippen molar-refractivity contribution in [1.82, 2.24) is 0 Å². The van der Waals surface area contributed by atoms with Crippen LogP contribution in [-0.2, 0) is 6.54 Å². The molecule has 1 aromatic rings. The Labute approximate surface area is 127 Å². The summed E-state index contributed by atoms with van der Waals surface area (Å²) in [6.07, 6.45) is 7.28. The summed E-state index contributed by atoms with van der Waals surface area (Å²) in [5.74, 6) is 0. The minimum absolute atomic E-state index is 0.425. The third-order valence-corrected chi connectivity index (χ3v) is 5.44. The summed E-state index contributed by atoms with van der Waals surface area (Å²) in [5.41, 5.74) is 1.34. The maximum absolute atomic E-state index is 11.9. The first-order valence-corrected chi connectivity index (χ1v) is 8.43. The van der Waals surface area contributed by atoms with Crippen molar-refractivity contribution in [2.45, 2.75) is 45.1 Å². The van der Waals surface area contributed by atoms with Crippen molar-refractivity contribution in [2.24, 2.45) is 5.29 Å². The van der Waals surface area contributed by atoms with Crippen LogP contribution in [0.4, 0.5) is 0 Å². The molecule has 2 fully saturated rings. The van der Waals surface area contributed by atoms with Gasteiger partial charge < -0.3 is 0 Å². The van der Waals surface area contributed by atoms with Crippen LogP contribution in [0.15, 0.2) is 35.6 Å². The average Bonchev–Trinajstić information content (AvgIpc) is 2.57. The molecule has 2 aliphatic heterocycles. The van der Waals surface area contributed by atoms with Crippen LogP contribution in [0, 0.1) is 4.91 Å². The van der Waals surface area contributed by atoms with Crippen molar-refractivity contribution in [1.29, 1.82) is 0 Å². The van der Waals surface area contributed by atoms with Gasteiger partial charge in [-0.05, 0) is 17.5 Å². The molecule has 114 valence electrons. The molecule has 0 amide bonds. The van der Waals surface area contributed by atoms with E-state index in [1.165, 1.54) is 31.2 Å². The monoisotopic (exact) mass is 289 g/mol. The fourth-order valence-corrected chi connectivity index (χ4v) is 4.29. The number of rotatable bonds is 4. The minimum atomic E-state index is 0.425. The van der Waals surface area contributed by atoms with E-state index < -0.39 is 0 Å². The Hall–Kier alpha value is -1.26. The molecule has 4 heteroatoms. The number of benzene rings is 1. The van der Waals surface area contributed by atoms with Crippen LogP contribution in [0.5, 0.6) is 0 Å². The predicted molar refractivity (Wildman–Crippen MR) is 83.6 cm³/mol. The van der Waals surface area contributed by atoms with E-state index in [0.29, 0.717) is 4.70 Å². The fraction of sp³-hybridized carbons (Fsp3) is 0.647. The Morgan fingerprint density at radius 3 is 1.95 bits per heavy atom. The van der Waals surface area contributed by atoms with E-state index in [-0.39, 0.29) is 0 Å². The molecule has 0 atom stereocenters. The number of nitrogens with zero attached hydrogens (tertiary/aromatic N) is 3. The van der Waals surface area contributed by atoms with E-state index in [1.54, 1.807) is 0 Å². The Balaban J connectivity index is 1.93. The number of likely N-dealkylation sites (tertiary alicyclic amines) is 1. The van der Waals surface area contributed by atoms with Gasteiger partial charge in [0.05, 0.1) is 0 Å². The molecular weight excluding hydrogens is 262 g/mol. The topological polar surface area (TPSA) is 29.4 Å². The van der Waals surface area contributed by atoms with Gasteiger partial charge in [0, 0.05) is 31.2 Å². The molecular formula is C17H27N3O+2. The fourth-order valence-electron chi connectivity index (χ4n) is 4.29. The van der Waals surface area contributed by atoms with Gasteiger partial charge in [-0.15, -0.1) is 4.59 Å². The molecule has 0 bridgehead atoms. The first-order chi connectivity index (χ1) is 10.3. The molecule has 2 aliphatic rings. The van der Waals surface area contributed by atoms with Crippen LogP contribution < -0.4 is 0 Å². The highest BCUT2D eigenvalue weighted by atomic mass is 16.3. The Bertz CT molecular complexity index is 462. The van der Waals surface area contributed by atoms with Crippen LogP contribution in [0.1, 0.15) is 44.1 Å². The van der Waals surface area contributed by atoms with E-state index in [9.17, 15) is 4.91 Å². The molecule has 21 heavy (non-hydrogen) atoms. The molecule has 2 saturated heterocycles. The van der Waals surface area contributed by atoms with Gasteiger partial charge >= 0.3 is 0 Å². The summed E-state index contributed by atoms with van der Waals surface area (Å²) in [7, 11) is 0. The summed E-state index contributed by atoms with van der Waals surface area (Å²) >= 11 is 0. The smallest absolute Gasteiger partial charge is 0.139 e. The zero-order valence-corrected chi connectivity index (χ0v) is 12.9. The quantitative estimate of drug-likeness (QED) is 0.612. The molecule has 1 aromatic carbocycles. The van der Waals surface area contributed by atoms with Crippen LogP contribution in [0.25, 0.3) is 0 Å². The predicted octanol–water partition coefficient (Wildman–Crippen LogP) is 3.78. The Morgan fingerprint density at radius 1 is 0.810 bits per heavy atom. The van der Waals surface area contributed by atoms with Gasteiger partial charge in [-0.3, -0.25) is 0 Å². The second-order valence-electron chi connectivity index (χ2n) is 6.71. The third kappa shape index (κ3) is 2.74. The summed E-state index contributed by atoms with van der Waals surface area (Å²) in [6, 6.07) is 10.7. The maximum Gasteiger partial charge on any atom is 0.206 e. The average molecular weight is 289 g/mol. The highest BCUT2D eigenvalue weighted by Gasteiger charge is 2.54. The molecule has 0 aromatic heterocycles. The molecule has 0 N–H and O–H groups in total. The standard InChI is InChI=1S/C17H27N3O/c21-18-20(14-8-3-9-15-20)19(12-6-2-7-13-19)16-17-10-4-1-5-11-17/h1,4-5,10-11H,2-3,6-9,12-16H2/q+2. The summed E-state index contributed by atoms with van der Waals surface area (Å²) in [5, 5.41) is 3.73. The van der Waals surface area contributed by atoms with Gasteiger partial charge in [0.15, 0.2) is 19.6 Å². The van der Waals surface area contributed by atoms with E-state index in [2.05, 4.69) is 35.6 Å². The van der Waals surface area contributed by atoms with Crippen LogP contribution in [0.3, 0.4) is 0 Å². The normalized spacial score (nSPS) is 24.4. The molecule has 3 rings (SSSR count). The van der Waals surface area contributed by atoms with Gasteiger partial charge in [0.1, 0.15) is 13.1 Å². The highest BCUT2D eigenvalue weighted by molar-refractivity contribution is 5.13. The summed E-state index contributed by atoms with van der Waals surface area (Å²) < 4.78 is 1.28. The van der Waals surface area contributed by atoms with Crippen molar-refractivity contribution in [3.63, 3.8) is 0 Å².